The van der Waals surface area contributed by atoms with Gasteiger partial charge in [-0.25, -0.2) is 0 Å². The molecule has 1 aliphatic heterocycles. The summed E-state index contributed by atoms with van der Waals surface area (Å²) >= 11 is 0. The fourth-order valence-corrected chi connectivity index (χ4v) is 1.21. The minimum Gasteiger partial charge on any atom is -0.345 e. The Kier molecular flexibility index (Phi) is 2.66. The summed E-state index contributed by atoms with van der Waals surface area (Å²) in [5, 5.41) is 0. The van der Waals surface area contributed by atoms with Gasteiger partial charge in [0.05, 0.1) is 6.67 Å². The van der Waals surface area contributed by atoms with E-state index in [-0.39, 0.29) is 12.6 Å². The molecule has 1 amide bonds. The van der Waals surface area contributed by atoms with E-state index in [1.165, 1.54) is 0 Å². The third-order valence-electron chi connectivity index (χ3n) is 2.02. The largest absolute Gasteiger partial charge is 0.345 e. The van der Waals surface area contributed by atoms with Gasteiger partial charge >= 0.3 is 0 Å². The van der Waals surface area contributed by atoms with Crippen molar-refractivity contribution in [1.29, 1.82) is 0 Å². The predicted octanol–water partition coefficient (Wildman–Crippen LogP) is 0.824. The monoisotopic (exact) mass is 145 g/mol. The van der Waals surface area contributed by atoms with Crippen molar-refractivity contribution in [1.82, 2.24) is 4.90 Å². The Morgan fingerprint density at radius 3 is 2.50 bits per heavy atom. The van der Waals surface area contributed by atoms with E-state index in [1.807, 2.05) is 0 Å². The maximum absolute atomic E-state index is 12.0. The first-order valence-electron chi connectivity index (χ1n) is 3.62. The van der Waals surface area contributed by atoms with Gasteiger partial charge in [0, 0.05) is 13.1 Å². The van der Waals surface area contributed by atoms with E-state index in [2.05, 4.69) is 0 Å². The fraction of sp³-hybridized carbons (Fsp3) is 0.857. The van der Waals surface area contributed by atoms with Gasteiger partial charge < -0.3 is 4.90 Å². The first kappa shape index (κ1) is 7.51. The second kappa shape index (κ2) is 3.54. The Bertz CT molecular complexity index is 110. The number of likely N-dealkylation sites (tertiary alicyclic amines) is 1. The zero-order valence-electron chi connectivity index (χ0n) is 5.92. The van der Waals surface area contributed by atoms with Crippen LogP contribution in [0.1, 0.15) is 12.8 Å². The molecule has 10 heavy (non-hydrogen) atoms. The highest BCUT2D eigenvalue weighted by atomic mass is 19.1. The molecule has 0 aromatic rings. The summed E-state index contributed by atoms with van der Waals surface area (Å²) in [4.78, 5) is 11.9. The number of hydrogen-bond donors (Lipinski definition) is 0. The molecule has 0 aromatic heterocycles. The van der Waals surface area contributed by atoms with Crippen molar-refractivity contribution in [2.24, 2.45) is 5.92 Å². The molecule has 0 atom stereocenters. The van der Waals surface area contributed by atoms with Gasteiger partial charge in [0.2, 0.25) is 6.41 Å². The van der Waals surface area contributed by atoms with Crippen LogP contribution in [0.2, 0.25) is 0 Å². The van der Waals surface area contributed by atoms with Crippen LogP contribution in [0, 0.1) is 5.92 Å². The lowest BCUT2D eigenvalue weighted by atomic mass is 9.99. The van der Waals surface area contributed by atoms with Crippen LogP contribution in [0.4, 0.5) is 4.39 Å². The third kappa shape index (κ3) is 1.69. The van der Waals surface area contributed by atoms with Gasteiger partial charge in [-0.05, 0) is 18.8 Å². The summed E-state index contributed by atoms with van der Waals surface area (Å²) < 4.78 is 12.0. The van der Waals surface area contributed by atoms with Crippen molar-refractivity contribution in [3.05, 3.63) is 0 Å². The Balaban J connectivity index is 2.23. The Morgan fingerprint density at radius 2 is 2.10 bits per heavy atom. The third-order valence-corrected chi connectivity index (χ3v) is 2.02. The van der Waals surface area contributed by atoms with E-state index in [4.69, 9.17) is 0 Å². The maximum atomic E-state index is 12.0. The number of hydrogen-bond acceptors (Lipinski definition) is 1. The van der Waals surface area contributed by atoms with Gasteiger partial charge in [-0.2, -0.15) is 0 Å². The smallest absolute Gasteiger partial charge is 0.209 e. The number of rotatable bonds is 2. The van der Waals surface area contributed by atoms with Gasteiger partial charge in [0.1, 0.15) is 0 Å². The van der Waals surface area contributed by atoms with E-state index in [0.717, 1.165) is 32.3 Å². The van der Waals surface area contributed by atoms with Crippen LogP contribution in [-0.4, -0.2) is 31.1 Å². The Hall–Kier alpha value is -0.600. The molecule has 0 aliphatic carbocycles. The summed E-state index contributed by atoms with van der Waals surface area (Å²) in [6.45, 7) is 1.24. The van der Waals surface area contributed by atoms with Crippen molar-refractivity contribution in [2.45, 2.75) is 12.8 Å². The van der Waals surface area contributed by atoms with E-state index in [1.54, 1.807) is 4.90 Å². The molecule has 2 nitrogen and oxygen atoms in total. The molecular weight excluding hydrogens is 133 g/mol. The van der Waals surface area contributed by atoms with Crippen LogP contribution in [0.5, 0.6) is 0 Å². The molecule has 0 aromatic carbocycles. The first-order valence-corrected chi connectivity index (χ1v) is 3.62. The molecule has 0 spiro atoms. The molecule has 3 heteroatoms. The average Bonchev–Trinajstić information content (AvgIpc) is 2.05. The molecular formula is C7H12FNO. The summed E-state index contributed by atoms with van der Waals surface area (Å²) in [6.07, 6.45) is 2.50. The first-order chi connectivity index (χ1) is 4.86. The van der Waals surface area contributed by atoms with Crippen molar-refractivity contribution in [3.63, 3.8) is 0 Å². The Morgan fingerprint density at radius 1 is 1.50 bits per heavy atom. The molecule has 1 fully saturated rings. The van der Waals surface area contributed by atoms with E-state index in [0.29, 0.717) is 0 Å². The van der Waals surface area contributed by atoms with Gasteiger partial charge in [-0.3, -0.25) is 9.18 Å². The van der Waals surface area contributed by atoms with Crippen LogP contribution in [0.15, 0.2) is 0 Å². The van der Waals surface area contributed by atoms with Crippen LogP contribution in [0.3, 0.4) is 0 Å². The molecule has 1 rings (SSSR count). The zero-order chi connectivity index (χ0) is 7.40. The summed E-state index contributed by atoms with van der Waals surface area (Å²) in [6, 6.07) is 0. The molecule has 0 radical (unpaired) electrons. The molecule has 0 saturated carbocycles. The van der Waals surface area contributed by atoms with E-state index < -0.39 is 0 Å². The number of carbonyl (C=O) groups is 1. The van der Waals surface area contributed by atoms with Gasteiger partial charge in [0.15, 0.2) is 0 Å². The molecule has 1 saturated heterocycles. The number of nitrogens with zero attached hydrogens (tertiary/aromatic N) is 1. The van der Waals surface area contributed by atoms with Gasteiger partial charge in [-0.15, -0.1) is 0 Å². The van der Waals surface area contributed by atoms with Gasteiger partial charge in [-0.1, -0.05) is 0 Å². The number of alkyl halides is 1. The number of carbonyl (C=O) groups excluding carboxylic acids is 1. The topological polar surface area (TPSA) is 20.3 Å². The number of piperidine rings is 1. The normalized spacial score (nSPS) is 21.1. The Labute approximate surface area is 60.0 Å². The van der Waals surface area contributed by atoms with E-state index in [9.17, 15) is 9.18 Å². The molecule has 58 valence electrons. The molecule has 0 N–H and O–H groups in total. The standard InChI is InChI=1S/C7H12FNO/c8-5-7-1-3-9(6-10)4-2-7/h6-7H,1-5H2. The summed E-state index contributed by atoms with van der Waals surface area (Å²) in [5.41, 5.74) is 0. The second-order valence-electron chi connectivity index (χ2n) is 2.74. The molecule has 0 unspecified atom stereocenters. The van der Waals surface area contributed by atoms with Crippen molar-refractivity contribution >= 4 is 6.41 Å². The highest BCUT2D eigenvalue weighted by molar-refractivity contribution is 5.47. The van der Waals surface area contributed by atoms with Gasteiger partial charge in [0.25, 0.3) is 0 Å². The maximum Gasteiger partial charge on any atom is 0.209 e. The molecule has 1 heterocycles. The minimum atomic E-state index is -0.229. The SMILES string of the molecule is O=CN1CCC(CF)CC1. The van der Waals surface area contributed by atoms with Crippen LogP contribution in [0.25, 0.3) is 0 Å². The lowest BCUT2D eigenvalue weighted by molar-refractivity contribution is -0.119. The summed E-state index contributed by atoms with van der Waals surface area (Å²) in [5.74, 6) is 0.205. The molecule has 0 bridgehead atoms. The lowest BCUT2D eigenvalue weighted by Gasteiger charge is -2.27. The lowest BCUT2D eigenvalue weighted by Crippen LogP contribution is -2.33. The van der Waals surface area contributed by atoms with E-state index >= 15 is 0 Å². The number of halogens is 1. The van der Waals surface area contributed by atoms with Crippen molar-refractivity contribution in [3.8, 4) is 0 Å². The van der Waals surface area contributed by atoms with Crippen LogP contribution in [-0.2, 0) is 4.79 Å². The summed E-state index contributed by atoms with van der Waals surface area (Å²) in [7, 11) is 0. The average molecular weight is 145 g/mol. The van der Waals surface area contributed by atoms with Crippen molar-refractivity contribution in [2.75, 3.05) is 19.8 Å². The number of amides is 1. The fourth-order valence-electron chi connectivity index (χ4n) is 1.21. The highest BCUT2D eigenvalue weighted by Crippen LogP contribution is 2.15. The minimum absolute atomic E-state index is 0.205. The highest BCUT2D eigenvalue weighted by Gasteiger charge is 2.16. The second-order valence-corrected chi connectivity index (χ2v) is 2.74. The predicted molar refractivity (Wildman–Crippen MR) is 36.3 cm³/mol. The quantitative estimate of drug-likeness (QED) is 0.527. The molecule has 1 aliphatic rings. The van der Waals surface area contributed by atoms with Crippen LogP contribution < -0.4 is 0 Å². The van der Waals surface area contributed by atoms with Crippen LogP contribution >= 0.6 is 0 Å². The van der Waals surface area contributed by atoms with Crippen molar-refractivity contribution < 1.29 is 9.18 Å². The zero-order valence-corrected chi connectivity index (χ0v) is 5.92.